The van der Waals surface area contributed by atoms with E-state index in [2.05, 4.69) is 10.6 Å². The van der Waals surface area contributed by atoms with Crippen molar-refractivity contribution in [2.75, 3.05) is 50.6 Å². The number of ether oxygens (including phenoxy) is 1. The lowest BCUT2D eigenvalue weighted by Crippen LogP contribution is -2.39. The fourth-order valence-electron chi connectivity index (χ4n) is 1.33. The molecule has 0 aromatic heterocycles. The molecule has 0 saturated carbocycles. The second kappa shape index (κ2) is 9.15. The molecule has 1 aliphatic rings. The van der Waals surface area contributed by atoms with Crippen LogP contribution in [0.4, 0.5) is 0 Å². The van der Waals surface area contributed by atoms with E-state index in [-0.39, 0.29) is 11.2 Å². The topological polar surface area (TPSA) is 50.4 Å². The molecule has 0 aliphatic carbocycles. The zero-order valence-corrected chi connectivity index (χ0v) is 11.3. The van der Waals surface area contributed by atoms with Crippen LogP contribution < -0.4 is 10.6 Å². The van der Waals surface area contributed by atoms with Crippen LogP contribution in [0.25, 0.3) is 0 Å². The van der Waals surface area contributed by atoms with Gasteiger partial charge in [-0.1, -0.05) is 0 Å². The normalized spacial score (nSPS) is 20.7. The molecule has 1 saturated heterocycles. The van der Waals surface area contributed by atoms with Gasteiger partial charge in [0.25, 0.3) is 0 Å². The van der Waals surface area contributed by atoms with Crippen LogP contribution in [0.3, 0.4) is 0 Å². The molecule has 1 atom stereocenters. The Morgan fingerprint density at radius 3 is 2.94 bits per heavy atom. The Bertz CT molecular complexity index is 199. The van der Waals surface area contributed by atoms with Crippen molar-refractivity contribution in [3.63, 3.8) is 0 Å². The van der Waals surface area contributed by atoms with Gasteiger partial charge in [0, 0.05) is 44.0 Å². The van der Waals surface area contributed by atoms with E-state index in [1.165, 1.54) is 5.75 Å². The third kappa shape index (κ3) is 5.98. The van der Waals surface area contributed by atoms with Crippen LogP contribution in [0, 0.1) is 0 Å². The van der Waals surface area contributed by atoms with Crippen LogP contribution >= 0.6 is 23.5 Å². The minimum atomic E-state index is 0.151. The molecule has 0 bridgehead atoms. The molecule has 1 fully saturated rings. The fraction of sp³-hybridized carbons (Fsp3) is 0.900. The number of hydrogen-bond donors (Lipinski definition) is 2. The lowest BCUT2D eigenvalue weighted by atomic mass is 10.4. The van der Waals surface area contributed by atoms with Crippen LogP contribution in [0.1, 0.15) is 0 Å². The van der Waals surface area contributed by atoms with Crippen molar-refractivity contribution in [2.45, 2.75) is 5.25 Å². The maximum absolute atomic E-state index is 11.7. The van der Waals surface area contributed by atoms with Gasteiger partial charge >= 0.3 is 0 Å². The van der Waals surface area contributed by atoms with Crippen LogP contribution in [-0.4, -0.2) is 61.8 Å². The van der Waals surface area contributed by atoms with Gasteiger partial charge in [0.2, 0.25) is 5.91 Å². The van der Waals surface area contributed by atoms with E-state index >= 15 is 0 Å². The number of carbonyl (C=O) groups excluding carboxylic acids is 1. The molecule has 0 aromatic rings. The molecule has 94 valence electrons. The lowest BCUT2D eigenvalue weighted by molar-refractivity contribution is -0.120. The molecule has 16 heavy (non-hydrogen) atoms. The number of thioether (sulfide) groups is 2. The smallest absolute Gasteiger partial charge is 0.234 e. The molecule has 6 heteroatoms. The number of carbonyl (C=O) groups is 1. The summed E-state index contributed by atoms with van der Waals surface area (Å²) in [5, 5.41) is 6.30. The third-order valence-corrected chi connectivity index (χ3v) is 4.95. The number of hydrogen-bond acceptors (Lipinski definition) is 5. The van der Waals surface area contributed by atoms with Crippen LogP contribution in [-0.2, 0) is 9.53 Å². The molecule has 1 aliphatic heterocycles. The lowest BCUT2D eigenvalue weighted by Gasteiger charge is -2.20. The second-order valence-corrected chi connectivity index (χ2v) is 5.93. The highest BCUT2D eigenvalue weighted by atomic mass is 32.2. The minimum Gasteiger partial charge on any atom is -0.383 e. The molecule has 0 spiro atoms. The predicted octanol–water partition coefficient (Wildman–Crippen LogP) is 0.187. The molecule has 1 unspecified atom stereocenters. The third-order valence-electron chi connectivity index (χ3n) is 2.19. The summed E-state index contributed by atoms with van der Waals surface area (Å²) in [4.78, 5) is 11.7. The van der Waals surface area contributed by atoms with Crippen LogP contribution in [0.2, 0.25) is 0 Å². The quantitative estimate of drug-likeness (QED) is 0.643. The van der Waals surface area contributed by atoms with Gasteiger partial charge in [-0.05, 0) is 0 Å². The van der Waals surface area contributed by atoms with E-state index < -0.39 is 0 Å². The highest BCUT2D eigenvalue weighted by Gasteiger charge is 2.21. The first-order valence-electron chi connectivity index (χ1n) is 5.51. The van der Waals surface area contributed by atoms with Crippen molar-refractivity contribution >= 4 is 29.4 Å². The molecule has 1 amide bonds. The molecular weight excluding hydrogens is 244 g/mol. The molecule has 0 aromatic carbocycles. The van der Waals surface area contributed by atoms with Crippen molar-refractivity contribution in [1.82, 2.24) is 10.6 Å². The van der Waals surface area contributed by atoms with Crippen molar-refractivity contribution in [1.29, 1.82) is 0 Å². The van der Waals surface area contributed by atoms with E-state index in [1.807, 2.05) is 11.8 Å². The van der Waals surface area contributed by atoms with E-state index in [9.17, 15) is 4.79 Å². The summed E-state index contributed by atoms with van der Waals surface area (Å²) in [5.41, 5.74) is 0. The summed E-state index contributed by atoms with van der Waals surface area (Å²) in [6.07, 6.45) is 0. The highest BCUT2D eigenvalue weighted by Crippen LogP contribution is 2.23. The van der Waals surface area contributed by atoms with Crippen molar-refractivity contribution in [3.8, 4) is 0 Å². The summed E-state index contributed by atoms with van der Waals surface area (Å²) in [6, 6.07) is 0. The Balaban J connectivity index is 1.97. The molecule has 2 N–H and O–H groups in total. The zero-order chi connectivity index (χ0) is 11.6. The number of amides is 1. The summed E-state index contributed by atoms with van der Waals surface area (Å²) >= 11 is 3.64. The summed E-state index contributed by atoms with van der Waals surface area (Å²) < 4.78 is 4.91. The van der Waals surface area contributed by atoms with Gasteiger partial charge in [-0.2, -0.15) is 11.8 Å². The van der Waals surface area contributed by atoms with Crippen molar-refractivity contribution < 1.29 is 9.53 Å². The molecule has 0 radical (unpaired) electrons. The van der Waals surface area contributed by atoms with Crippen molar-refractivity contribution in [3.05, 3.63) is 0 Å². The SMILES string of the molecule is COCCNCCNC(=O)C1CSCCS1. The Labute approximate surface area is 106 Å². The van der Waals surface area contributed by atoms with E-state index in [4.69, 9.17) is 4.74 Å². The molecular formula is C10H20N2O2S2. The monoisotopic (exact) mass is 264 g/mol. The van der Waals surface area contributed by atoms with Gasteiger partial charge in [-0.25, -0.2) is 0 Å². The molecule has 4 nitrogen and oxygen atoms in total. The van der Waals surface area contributed by atoms with E-state index in [0.29, 0.717) is 13.2 Å². The second-order valence-electron chi connectivity index (χ2n) is 3.47. The van der Waals surface area contributed by atoms with Gasteiger partial charge in [-0.3, -0.25) is 4.79 Å². The molecule has 1 rings (SSSR count). The van der Waals surface area contributed by atoms with Gasteiger partial charge < -0.3 is 15.4 Å². The van der Waals surface area contributed by atoms with Gasteiger partial charge in [0.05, 0.1) is 11.9 Å². The summed E-state index contributed by atoms with van der Waals surface area (Å²) in [5.74, 6) is 3.40. The maximum atomic E-state index is 11.7. The minimum absolute atomic E-state index is 0.151. The Hall–Kier alpha value is 0.0900. The van der Waals surface area contributed by atoms with Gasteiger partial charge in [-0.15, -0.1) is 11.8 Å². The van der Waals surface area contributed by atoms with Crippen LogP contribution in [0.15, 0.2) is 0 Å². The number of nitrogens with one attached hydrogen (secondary N) is 2. The number of methoxy groups -OCH3 is 1. The standard InChI is InChI=1S/C10H20N2O2S2/c1-14-5-4-11-2-3-12-10(13)9-8-15-6-7-16-9/h9,11H,2-8H2,1H3,(H,12,13). The Morgan fingerprint density at radius 2 is 2.25 bits per heavy atom. The first-order chi connectivity index (χ1) is 7.84. The summed E-state index contributed by atoms with van der Waals surface area (Å²) in [7, 11) is 1.68. The fourth-order valence-corrected chi connectivity index (χ4v) is 3.91. The van der Waals surface area contributed by atoms with Crippen molar-refractivity contribution in [2.24, 2.45) is 0 Å². The average Bonchev–Trinajstić information content (AvgIpc) is 2.34. The zero-order valence-electron chi connectivity index (χ0n) is 9.66. The predicted molar refractivity (Wildman–Crippen MR) is 71.3 cm³/mol. The van der Waals surface area contributed by atoms with Gasteiger partial charge in [0.1, 0.15) is 0 Å². The maximum Gasteiger partial charge on any atom is 0.234 e. The first kappa shape index (κ1) is 14.2. The molecule has 1 heterocycles. The van der Waals surface area contributed by atoms with E-state index in [0.717, 1.165) is 24.6 Å². The first-order valence-corrected chi connectivity index (χ1v) is 7.71. The largest absolute Gasteiger partial charge is 0.383 e. The summed E-state index contributed by atoms with van der Waals surface area (Å²) in [6.45, 7) is 3.05. The number of rotatable bonds is 7. The average molecular weight is 264 g/mol. The van der Waals surface area contributed by atoms with Gasteiger partial charge in [0.15, 0.2) is 0 Å². The Morgan fingerprint density at radius 1 is 1.38 bits per heavy atom. The van der Waals surface area contributed by atoms with Crippen LogP contribution in [0.5, 0.6) is 0 Å². The highest BCUT2D eigenvalue weighted by molar-refractivity contribution is 8.07. The van der Waals surface area contributed by atoms with E-state index in [1.54, 1.807) is 18.9 Å². The Kier molecular flexibility index (Phi) is 8.10.